The van der Waals surface area contributed by atoms with Gasteiger partial charge in [-0.25, -0.2) is 11.7 Å². The molecule has 6 N–H and O–H groups in total. The Hall–Kier alpha value is -1.55. The lowest BCUT2D eigenvalue weighted by atomic mass is 10.1. The fourth-order valence-corrected chi connectivity index (χ4v) is 1.54. The number of nitrogens with two attached hydrogens (primary N) is 2. The summed E-state index contributed by atoms with van der Waals surface area (Å²) in [6.07, 6.45) is -4.44. The van der Waals surface area contributed by atoms with Gasteiger partial charge in [0.2, 0.25) is 0 Å². The van der Waals surface area contributed by atoms with E-state index in [1.807, 2.05) is 0 Å². The highest BCUT2D eigenvalue weighted by Crippen LogP contribution is 2.34. The number of anilines is 2. The van der Waals surface area contributed by atoms with Crippen molar-refractivity contribution in [3.8, 4) is 0 Å². The number of alkyl halides is 3. The van der Waals surface area contributed by atoms with Crippen LogP contribution in [-0.2, 0) is 6.18 Å². The van der Waals surface area contributed by atoms with Crippen molar-refractivity contribution in [2.75, 3.05) is 10.9 Å². The molecule has 0 spiro atoms. The van der Waals surface area contributed by atoms with Gasteiger partial charge in [0.15, 0.2) is 11.6 Å². The molecule has 0 aliphatic rings. The van der Waals surface area contributed by atoms with Crippen LogP contribution in [0.3, 0.4) is 0 Å². The van der Waals surface area contributed by atoms with Crippen LogP contribution >= 0.6 is 24.8 Å². The number of aromatic nitrogens is 2. The topological polar surface area (TPSA) is 102 Å². The molecule has 1 aromatic carbocycles. The SMILES string of the molecule is Cl.Cl.NNc1nnc(NN)c2cc(C(F)(F)F)ccc12. The summed E-state index contributed by atoms with van der Waals surface area (Å²) in [5.74, 6) is 10.6. The van der Waals surface area contributed by atoms with Gasteiger partial charge >= 0.3 is 6.18 Å². The van der Waals surface area contributed by atoms with Crippen molar-refractivity contribution in [3.05, 3.63) is 23.8 Å². The second-order valence-electron chi connectivity index (χ2n) is 3.44. The Balaban J connectivity index is 0.00000180. The normalized spacial score (nSPS) is 10.4. The lowest BCUT2D eigenvalue weighted by Crippen LogP contribution is -2.14. The number of hydrogen-bond acceptors (Lipinski definition) is 6. The molecule has 2 rings (SSSR count). The summed E-state index contributed by atoms with van der Waals surface area (Å²) >= 11 is 0. The minimum atomic E-state index is -4.44. The molecule has 0 bridgehead atoms. The maximum atomic E-state index is 12.6. The molecule has 0 fully saturated rings. The number of halogens is 5. The van der Waals surface area contributed by atoms with E-state index < -0.39 is 11.7 Å². The smallest absolute Gasteiger partial charge is 0.306 e. The molecule has 1 heterocycles. The lowest BCUT2D eigenvalue weighted by molar-refractivity contribution is -0.137. The van der Waals surface area contributed by atoms with Crippen molar-refractivity contribution in [3.63, 3.8) is 0 Å². The number of nitrogens with one attached hydrogen (secondary N) is 2. The molecule has 1 aromatic heterocycles. The minimum Gasteiger partial charge on any atom is -0.306 e. The zero-order valence-corrected chi connectivity index (χ0v) is 11.4. The molecule has 11 heteroatoms. The fourth-order valence-electron chi connectivity index (χ4n) is 1.54. The Bertz CT molecular complexity index is 592. The van der Waals surface area contributed by atoms with Crippen LogP contribution < -0.4 is 22.5 Å². The van der Waals surface area contributed by atoms with E-state index in [9.17, 15) is 13.2 Å². The monoisotopic (exact) mass is 330 g/mol. The molecule has 112 valence electrons. The minimum absolute atomic E-state index is 0. The first kappa shape index (κ1) is 18.4. The van der Waals surface area contributed by atoms with Crippen molar-refractivity contribution in [2.45, 2.75) is 6.18 Å². The second kappa shape index (κ2) is 6.75. The average molecular weight is 331 g/mol. The van der Waals surface area contributed by atoms with Crippen molar-refractivity contribution >= 4 is 47.2 Å². The van der Waals surface area contributed by atoms with E-state index in [0.717, 1.165) is 12.1 Å². The number of hydrogen-bond donors (Lipinski definition) is 4. The van der Waals surface area contributed by atoms with E-state index in [0.29, 0.717) is 5.39 Å². The number of hydrazine groups is 2. The van der Waals surface area contributed by atoms with Crippen LogP contribution in [0.15, 0.2) is 18.2 Å². The van der Waals surface area contributed by atoms with E-state index in [2.05, 4.69) is 21.0 Å². The molecule has 0 aliphatic carbocycles. The van der Waals surface area contributed by atoms with Crippen LogP contribution in [0.1, 0.15) is 5.56 Å². The number of nitrogens with zero attached hydrogens (tertiary/aromatic N) is 2. The Morgan fingerprint density at radius 2 is 1.40 bits per heavy atom. The van der Waals surface area contributed by atoms with Gasteiger partial charge in [0, 0.05) is 10.8 Å². The number of nitrogen functional groups attached to an aromatic ring is 2. The van der Waals surface area contributed by atoms with Gasteiger partial charge in [0.1, 0.15) is 0 Å². The van der Waals surface area contributed by atoms with E-state index in [-0.39, 0.29) is 41.8 Å². The second-order valence-corrected chi connectivity index (χ2v) is 3.44. The highest BCUT2D eigenvalue weighted by molar-refractivity contribution is 5.98. The van der Waals surface area contributed by atoms with Crippen molar-refractivity contribution in [1.82, 2.24) is 10.2 Å². The Labute approximate surface area is 123 Å². The van der Waals surface area contributed by atoms with E-state index in [1.165, 1.54) is 6.07 Å². The Kier molecular flexibility index (Phi) is 6.23. The summed E-state index contributed by atoms with van der Waals surface area (Å²) in [5, 5.41) is 7.86. The van der Waals surface area contributed by atoms with Crippen LogP contribution in [0, 0.1) is 0 Å². The van der Waals surface area contributed by atoms with Gasteiger partial charge in [-0.3, -0.25) is 0 Å². The van der Waals surface area contributed by atoms with Crippen LogP contribution in [0.4, 0.5) is 24.8 Å². The summed E-state index contributed by atoms with van der Waals surface area (Å²) in [5.41, 5.74) is 3.64. The molecule has 0 saturated heterocycles. The summed E-state index contributed by atoms with van der Waals surface area (Å²) in [6.45, 7) is 0. The van der Waals surface area contributed by atoms with Crippen molar-refractivity contribution in [1.29, 1.82) is 0 Å². The zero-order valence-electron chi connectivity index (χ0n) is 9.73. The van der Waals surface area contributed by atoms with Gasteiger partial charge in [0.25, 0.3) is 0 Å². The van der Waals surface area contributed by atoms with Gasteiger partial charge in [-0.2, -0.15) is 13.2 Å². The first-order valence-corrected chi connectivity index (χ1v) is 4.78. The highest BCUT2D eigenvalue weighted by atomic mass is 35.5. The molecular formula is C9H11Cl2F3N6. The molecule has 0 saturated carbocycles. The third-order valence-corrected chi connectivity index (χ3v) is 2.38. The van der Waals surface area contributed by atoms with Crippen LogP contribution in [0.2, 0.25) is 0 Å². The largest absolute Gasteiger partial charge is 0.416 e. The van der Waals surface area contributed by atoms with E-state index in [4.69, 9.17) is 11.7 Å². The molecule has 0 amide bonds. The maximum Gasteiger partial charge on any atom is 0.416 e. The van der Waals surface area contributed by atoms with Gasteiger partial charge < -0.3 is 10.9 Å². The molecule has 20 heavy (non-hydrogen) atoms. The van der Waals surface area contributed by atoms with Crippen LogP contribution in [0.5, 0.6) is 0 Å². The maximum absolute atomic E-state index is 12.6. The predicted octanol–water partition coefficient (Wildman–Crippen LogP) is 2.06. The quantitative estimate of drug-likeness (QED) is 0.496. The number of fused-ring (bicyclic) bond motifs is 1. The van der Waals surface area contributed by atoms with Gasteiger partial charge in [-0.15, -0.1) is 35.0 Å². The summed E-state index contributed by atoms with van der Waals surface area (Å²) in [6, 6.07) is 3.12. The number of rotatable bonds is 2. The third kappa shape index (κ3) is 3.31. The molecular weight excluding hydrogens is 320 g/mol. The Morgan fingerprint density at radius 3 is 1.85 bits per heavy atom. The van der Waals surface area contributed by atoms with E-state index in [1.54, 1.807) is 0 Å². The van der Waals surface area contributed by atoms with E-state index >= 15 is 0 Å². The van der Waals surface area contributed by atoms with Crippen LogP contribution in [0.25, 0.3) is 10.8 Å². The number of benzene rings is 1. The first-order valence-electron chi connectivity index (χ1n) is 4.78. The summed E-state index contributed by atoms with van der Waals surface area (Å²) in [7, 11) is 0. The molecule has 2 aromatic rings. The summed E-state index contributed by atoms with van der Waals surface area (Å²) < 4.78 is 37.8. The average Bonchev–Trinajstić information content (AvgIpc) is 2.35. The van der Waals surface area contributed by atoms with Gasteiger partial charge in [-0.1, -0.05) is 0 Å². The fraction of sp³-hybridized carbons (Fsp3) is 0.111. The zero-order chi connectivity index (χ0) is 13.3. The summed E-state index contributed by atoms with van der Waals surface area (Å²) in [4.78, 5) is 0. The molecule has 0 unspecified atom stereocenters. The first-order chi connectivity index (χ1) is 8.47. The van der Waals surface area contributed by atoms with Gasteiger partial charge in [0.05, 0.1) is 5.56 Å². The van der Waals surface area contributed by atoms with Crippen LogP contribution in [-0.4, -0.2) is 10.2 Å². The third-order valence-electron chi connectivity index (χ3n) is 2.38. The molecule has 0 aliphatic heterocycles. The van der Waals surface area contributed by atoms with Crippen molar-refractivity contribution in [2.24, 2.45) is 11.7 Å². The predicted molar refractivity (Wildman–Crippen MR) is 74.7 cm³/mol. The lowest BCUT2D eigenvalue weighted by Gasteiger charge is -2.11. The standard InChI is InChI=1S/C9H9F3N6.2ClH/c10-9(11,12)4-1-2-5-6(3-4)8(16-14)18-17-7(5)15-13;;/h1-3H,13-14H2,(H,15,17)(H,16,18);2*1H. The highest BCUT2D eigenvalue weighted by Gasteiger charge is 2.31. The molecule has 6 nitrogen and oxygen atoms in total. The Morgan fingerprint density at radius 1 is 0.900 bits per heavy atom. The molecule has 0 atom stereocenters. The molecule has 0 radical (unpaired) electrons. The van der Waals surface area contributed by atoms with Crippen molar-refractivity contribution < 1.29 is 13.2 Å². The van der Waals surface area contributed by atoms with Gasteiger partial charge in [-0.05, 0) is 18.2 Å².